The van der Waals surface area contributed by atoms with Crippen molar-refractivity contribution in [3.63, 3.8) is 0 Å². The van der Waals surface area contributed by atoms with E-state index >= 15 is 0 Å². The van der Waals surface area contributed by atoms with Gasteiger partial charge in [0.1, 0.15) is 0 Å². The molecule has 1 aromatic carbocycles. The van der Waals surface area contributed by atoms with Gasteiger partial charge < -0.3 is 14.4 Å². The summed E-state index contributed by atoms with van der Waals surface area (Å²) in [5, 5.41) is 18.9. The van der Waals surface area contributed by atoms with Crippen LogP contribution in [0.2, 0.25) is 0 Å². The second-order valence-corrected chi connectivity index (χ2v) is 5.73. The quantitative estimate of drug-likeness (QED) is 0.667. The number of nitrogens with one attached hydrogen (secondary N) is 1. The van der Waals surface area contributed by atoms with Gasteiger partial charge in [0.15, 0.2) is 5.75 Å². The Morgan fingerprint density at radius 3 is 2.92 bits per heavy atom. The van der Waals surface area contributed by atoms with Gasteiger partial charge in [0.05, 0.1) is 24.3 Å². The molecule has 2 aromatic rings. The van der Waals surface area contributed by atoms with Gasteiger partial charge in [-0.1, -0.05) is 0 Å². The fourth-order valence-corrected chi connectivity index (χ4v) is 2.97. The average Bonchev–Trinajstić information content (AvgIpc) is 2.98. The molecule has 1 N–H and O–H groups in total. The zero-order valence-corrected chi connectivity index (χ0v) is 14.0. The normalized spacial score (nSPS) is 14.3. The van der Waals surface area contributed by atoms with Crippen LogP contribution < -0.4 is 9.47 Å². The maximum Gasteiger partial charge on any atom is 0.315 e. The van der Waals surface area contributed by atoms with Gasteiger partial charge in [-0.15, -0.1) is 0 Å². The van der Waals surface area contributed by atoms with Crippen LogP contribution in [0.25, 0.3) is 11.3 Å². The summed E-state index contributed by atoms with van der Waals surface area (Å²) in [6.07, 6.45) is 0.884. The summed E-state index contributed by atoms with van der Waals surface area (Å²) in [7, 11) is 3.51. The van der Waals surface area contributed by atoms with E-state index in [2.05, 4.69) is 15.1 Å². The van der Waals surface area contributed by atoms with Crippen LogP contribution in [0.5, 0.6) is 11.5 Å². The Balaban J connectivity index is 2.14. The fraction of sp³-hybridized carbons (Fsp3) is 0.438. The lowest BCUT2D eigenvalue weighted by molar-refractivity contribution is -0.385. The van der Waals surface area contributed by atoms with Gasteiger partial charge in [-0.2, -0.15) is 5.10 Å². The molecule has 1 aliphatic heterocycles. The number of methoxy groups -OCH3 is 1. The lowest BCUT2D eigenvalue weighted by atomic mass is 10.0. The van der Waals surface area contributed by atoms with Crippen LogP contribution in [0.3, 0.4) is 0 Å². The van der Waals surface area contributed by atoms with Crippen LogP contribution in [-0.4, -0.2) is 47.3 Å². The number of nitro groups is 1. The Kier molecular flexibility index (Phi) is 4.39. The van der Waals surface area contributed by atoms with Gasteiger partial charge in [-0.3, -0.25) is 15.2 Å². The van der Waals surface area contributed by atoms with Crippen molar-refractivity contribution in [1.82, 2.24) is 15.1 Å². The van der Waals surface area contributed by atoms with Crippen LogP contribution >= 0.6 is 0 Å². The predicted octanol–water partition coefficient (Wildman–Crippen LogP) is 2.38. The molecule has 1 aromatic heterocycles. The van der Waals surface area contributed by atoms with E-state index in [0.717, 1.165) is 36.5 Å². The fourth-order valence-electron chi connectivity index (χ4n) is 2.97. The van der Waals surface area contributed by atoms with Crippen molar-refractivity contribution >= 4 is 5.69 Å². The largest absolute Gasteiger partial charge is 0.493 e. The van der Waals surface area contributed by atoms with E-state index in [0.29, 0.717) is 17.9 Å². The van der Waals surface area contributed by atoms with Gasteiger partial charge in [-0.25, -0.2) is 0 Å². The van der Waals surface area contributed by atoms with Crippen molar-refractivity contribution in [1.29, 1.82) is 0 Å². The summed E-state index contributed by atoms with van der Waals surface area (Å²) in [5.74, 6) is 0.484. The number of aromatic amines is 1. The molecule has 0 amide bonds. The van der Waals surface area contributed by atoms with Gasteiger partial charge in [0, 0.05) is 42.4 Å². The molecule has 0 atom stereocenters. The van der Waals surface area contributed by atoms with Crippen molar-refractivity contribution in [2.45, 2.75) is 19.9 Å². The number of fused-ring (bicyclic) bond motifs is 1. The van der Waals surface area contributed by atoms with E-state index < -0.39 is 4.92 Å². The van der Waals surface area contributed by atoms with E-state index in [1.54, 1.807) is 13.0 Å². The first-order valence-electron chi connectivity index (χ1n) is 7.79. The molecule has 8 heteroatoms. The summed E-state index contributed by atoms with van der Waals surface area (Å²) >= 11 is 0. The van der Waals surface area contributed by atoms with Crippen LogP contribution in [0.4, 0.5) is 5.69 Å². The maximum atomic E-state index is 11.5. The number of H-pyrrole nitrogens is 1. The molecule has 0 unspecified atom stereocenters. The second kappa shape index (κ2) is 6.48. The maximum absolute atomic E-state index is 11.5. The zero-order valence-electron chi connectivity index (χ0n) is 14.0. The number of rotatable bonds is 5. The van der Waals surface area contributed by atoms with Gasteiger partial charge in [0.2, 0.25) is 5.75 Å². The average molecular weight is 332 g/mol. The van der Waals surface area contributed by atoms with Crippen LogP contribution in [0, 0.1) is 10.1 Å². The van der Waals surface area contributed by atoms with Crippen molar-refractivity contribution < 1.29 is 14.4 Å². The molecule has 0 bridgehead atoms. The third-order valence-corrected chi connectivity index (χ3v) is 4.14. The topological polar surface area (TPSA) is 93.5 Å². The van der Waals surface area contributed by atoms with Gasteiger partial charge in [-0.05, 0) is 20.0 Å². The molecule has 0 radical (unpaired) electrons. The standard InChI is InChI=1S/C16H20N4O4/c1-4-24-16-13(20(21)22)7-10(8-14(16)23-3)15-11-9-19(2)6-5-12(11)17-18-15/h7-8H,4-6,9H2,1-3H3,(H,17,18). The molecule has 128 valence electrons. The molecule has 1 aliphatic rings. The Labute approximate surface area is 139 Å². The van der Waals surface area contributed by atoms with E-state index in [-0.39, 0.29) is 11.4 Å². The molecule has 24 heavy (non-hydrogen) atoms. The number of aromatic nitrogens is 2. The van der Waals surface area contributed by atoms with Crippen molar-refractivity contribution in [3.8, 4) is 22.8 Å². The number of nitrogens with zero attached hydrogens (tertiary/aromatic N) is 3. The zero-order chi connectivity index (χ0) is 17.3. The lowest BCUT2D eigenvalue weighted by Crippen LogP contribution is -2.26. The minimum absolute atomic E-state index is 0.118. The molecule has 0 saturated carbocycles. The summed E-state index contributed by atoms with van der Waals surface area (Å²) in [6.45, 7) is 3.81. The Hall–Kier alpha value is -2.61. The van der Waals surface area contributed by atoms with Crippen molar-refractivity contribution in [2.24, 2.45) is 0 Å². The number of benzene rings is 1. The first kappa shape index (κ1) is 16.3. The summed E-state index contributed by atoms with van der Waals surface area (Å²) < 4.78 is 10.7. The SMILES string of the molecule is CCOc1c(OC)cc(-c2n[nH]c3c2CN(C)CC3)cc1[N+](=O)[O-]. The highest BCUT2D eigenvalue weighted by molar-refractivity contribution is 5.73. The summed E-state index contributed by atoms with van der Waals surface area (Å²) in [6, 6.07) is 3.24. The first-order chi connectivity index (χ1) is 11.5. The van der Waals surface area contributed by atoms with Crippen LogP contribution in [-0.2, 0) is 13.0 Å². The number of hydrogen-bond acceptors (Lipinski definition) is 6. The van der Waals surface area contributed by atoms with Crippen LogP contribution in [0.15, 0.2) is 12.1 Å². The molecule has 8 nitrogen and oxygen atoms in total. The third-order valence-electron chi connectivity index (χ3n) is 4.14. The van der Waals surface area contributed by atoms with Gasteiger partial charge in [0.25, 0.3) is 0 Å². The smallest absolute Gasteiger partial charge is 0.315 e. The molecule has 0 fully saturated rings. The lowest BCUT2D eigenvalue weighted by Gasteiger charge is -2.22. The van der Waals surface area contributed by atoms with E-state index in [1.807, 2.05) is 7.05 Å². The molecular weight excluding hydrogens is 312 g/mol. The molecule has 3 rings (SSSR count). The van der Waals surface area contributed by atoms with Crippen molar-refractivity contribution in [2.75, 3.05) is 27.3 Å². The first-order valence-corrected chi connectivity index (χ1v) is 7.79. The minimum Gasteiger partial charge on any atom is -0.493 e. The Morgan fingerprint density at radius 2 is 2.25 bits per heavy atom. The minimum atomic E-state index is -0.456. The van der Waals surface area contributed by atoms with Gasteiger partial charge >= 0.3 is 5.69 Å². The number of nitro benzene ring substituents is 1. The molecule has 2 heterocycles. The van der Waals surface area contributed by atoms with Crippen molar-refractivity contribution in [3.05, 3.63) is 33.5 Å². The summed E-state index contributed by atoms with van der Waals surface area (Å²) in [5.41, 5.74) is 3.41. The number of likely N-dealkylation sites (N-methyl/N-ethyl adjacent to an activating group) is 1. The molecule has 0 saturated heterocycles. The highest BCUT2D eigenvalue weighted by Gasteiger charge is 2.26. The molecule has 0 spiro atoms. The van der Waals surface area contributed by atoms with Crippen LogP contribution in [0.1, 0.15) is 18.2 Å². The van der Waals surface area contributed by atoms with E-state index in [1.165, 1.54) is 13.2 Å². The van der Waals surface area contributed by atoms with E-state index in [4.69, 9.17) is 9.47 Å². The van der Waals surface area contributed by atoms with E-state index in [9.17, 15) is 10.1 Å². The highest BCUT2D eigenvalue weighted by Crippen LogP contribution is 2.42. The third kappa shape index (κ3) is 2.80. The summed E-state index contributed by atoms with van der Waals surface area (Å²) in [4.78, 5) is 13.2. The monoisotopic (exact) mass is 332 g/mol. The number of ether oxygens (including phenoxy) is 2. The number of hydrogen-bond donors (Lipinski definition) is 1. The molecular formula is C16H20N4O4. The highest BCUT2D eigenvalue weighted by atomic mass is 16.6. The predicted molar refractivity (Wildman–Crippen MR) is 88.4 cm³/mol. The second-order valence-electron chi connectivity index (χ2n) is 5.73. The molecule has 0 aliphatic carbocycles. The Morgan fingerprint density at radius 1 is 1.46 bits per heavy atom. The Bertz CT molecular complexity index is 772.